The van der Waals surface area contributed by atoms with Crippen molar-refractivity contribution in [2.75, 3.05) is 19.8 Å². The van der Waals surface area contributed by atoms with Gasteiger partial charge in [0.15, 0.2) is 0 Å². The number of aliphatic hydroxyl groups excluding tert-OH is 1. The molecule has 1 fully saturated rings. The molecule has 21 heavy (non-hydrogen) atoms. The molecule has 2 rings (SSSR count). The van der Waals surface area contributed by atoms with Crippen LogP contribution in [0.25, 0.3) is 0 Å². The predicted octanol–water partition coefficient (Wildman–Crippen LogP) is 2.78. The fraction of sp³-hybridized carbons (Fsp3) is 0.562. The molecule has 1 amide bonds. The van der Waals surface area contributed by atoms with Crippen LogP contribution in [0, 0.1) is 5.41 Å². The molecule has 1 aromatic carbocycles. The molecule has 0 aromatic heterocycles. The molecule has 2 N–H and O–H groups in total. The summed E-state index contributed by atoms with van der Waals surface area (Å²) in [5.41, 5.74) is -0.108. The number of aliphatic hydroxyl groups is 1. The Bertz CT molecular complexity index is 472. The van der Waals surface area contributed by atoms with Crippen LogP contribution in [0.1, 0.15) is 32.1 Å². The molecule has 0 atom stereocenters. The number of carbonyl (C=O) groups excluding carboxylic acids is 1. The van der Waals surface area contributed by atoms with Crippen LogP contribution < -0.4 is 10.1 Å². The minimum Gasteiger partial charge on any atom is -0.493 e. The topological polar surface area (TPSA) is 58.6 Å². The van der Waals surface area contributed by atoms with Gasteiger partial charge in [-0.15, -0.1) is 0 Å². The maximum atomic E-state index is 11.8. The molecule has 1 saturated carbocycles. The van der Waals surface area contributed by atoms with Gasteiger partial charge >= 0.3 is 0 Å². The second kappa shape index (κ2) is 7.66. The van der Waals surface area contributed by atoms with Gasteiger partial charge in [0.25, 0.3) is 0 Å². The molecule has 0 bridgehead atoms. The van der Waals surface area contributed by atoms with Crippen LogP contribution in [-0.2, 0) is 4.79 Å². The minimum atomic E-state index is -0.108. The molecule has 1 aliphatic rings. The van der Waals surface area contributed by atoms with E-state index in [0.29, 0.717) is 30.3 Å². The largest absolute Gasteiger partial charge is 0.493 e. The summed E-state index contributed by atoms with van der Waals surface area (Å²) >= 11 is 5.86. The zero-order valence-corrected chi connectivity index (χ0v) is 12.9. The predicted molar refractivity (Wildman–Crippen MR) is 82.6 cm³/mol. The number of amides is 1. The van der Waals surface area contributed by atoms with Crippen molar-refractivity contribution < 1.29 is 14.6 Å². The van der Waals surface area contributed by atoms with Gasteiger partial charge in [0, 0.05) is 17.0 Å². The number of ether oxygens (including phenoxy) is 1. The molecule has 4 nitrogen and oxygen atoms in total. The van der Waals surface area contributed by atoms with Crippen LogP contribution in [-0.4, -0.2) is 30.8 Å². The van der Waals surface area contributed by atoms with Gasteiger partial charge in [-0.25, -0.2) is 0 Å². The smallest absolute Gasteiger partial charge is 0.223 e. The minimum absolute atomic E-state index is 0.0447. The molecule has 0 spiro atoms. The molecule has 0 saturated heterocycles. The second-order valence-corrected chi connectivity index (χ2v) is 6.13. The van der Waals surface area contributed by atoms with Gasteiger partial charge in [0.1, 0.15) is 5.75 Å². The lowest BCUT2D eigenvalue weighted by atomic mass is 9.87. The van der Waals surface area contributed by atoms with Crippen LogP contribution in [0.2, 0.25) is 5.02 Å². The Morgan fingerprint density at radius 1 is 1.38 bits per heavy atom. The van der Waals surface area contributed by atoms with Crippen molar-refractivity contribution in [3.8, 4) is 5.75 Å². The van der Waals surface area contributed by atoms with Crippen LogP contribution in [0.5, 0.6) is 5.75 Å². The number of carbonyl (C=O) groups is 1. The molecule has 0 unspecified atom stereocenters. The average Bonchev–Trinajstić information content (AvgIpc) is 2.95. The lowest BCUT2D eigenvalue weighted by Crippen LogP contribution is -2.38. The molecule has 116 valence electrons. The molecule has 0 aliphatic heterocycles. The van der Waals surface area contributed by atoms with Gasteiger partial charge in [-0.1, -0.05) is 30.5 Å². The quantitative estimate of drug-likeness (QED) is 0.814. The van der Waals surface area contributed by atoms with Gasteiger partial charge in [-0.3, -0.25) is 4.79 Å². The van der Waals surface area contributed by atoms with Gasteiger partial charge in [0.05, 0.1) is 19.6 Å². The number of halogens is 1. The Kier molecular flexibility index (Phi) is 5.88. The Hall–Kier alpha value is -1.26. The molecule has 1 aliphatic carbocycles. The van der Waals surface area contributed by atoms with E-state index >= 15 is 0 Å². The molecule has 1 aromatic rings. The summed E-state index contributed by atoms with van der Waals surface area (Å²) in [6.07, 6.45) is 4.54. The van der Waals surface area contributed by atoms with Crippen LogP contribution in [0.3, 0.4) is 0 Å². The number of benzene rings is 1. The first-order valence-corrected chi connectivity index (χ1v) is 7.77. The van der Waals surface area contributed by atoms with E-state index in [4.69, 9.17) is 16.3 Å². The lowest BCUT2D eigenvalue weighted by Gasteiger charge is -2.26. The molecule has 5 heteroatoms. The third kappa shape index (κ3) is 4.90. The first-order valence-electron chi connectivity index (χ1n) is 7.39. The van der Waals surface area contributed by atoms with Gasteiger partial charge in [0.2, 0.25) is 5.91 Å². The zero-order valence-electron chi connectivity index (χ0n) is 12.1. The fourth-order valence-corrected chi connectivity index (χ4v) is 2.89. The highest BCUT2D eigenvalue weighted by Gasteiger charge is 2.33. The van der Waals surface area contributed by atoms with E-state index < -0.39 is 0 Å². The van der Waals surface area contributed by atoms with E-state index in [0.717, 1.165) is 25.7 Å². The van der Waals surface area contributed by atoms with Crippen molar-refractivity contribution >= 4 is 17.5 Å². The number of hydrogen-bond donors (Lipinski definition) is 2. The van der Waals surface area contributed by atoms with Crippen molar-refractivity contribution in [3.63, 3.8) is 0 Å². The van der Waals surface area contributed by atoms with Gasteiger partial charge < -0.3 is 15.2 Å². The summed E-state index contributed by atoms with van der Waals surface area (Å²) in [5.74, 6) is 0.620. The average molecular weight is 312 g/mol. The van der Waals surface area contributed by atoms with Crippen molar-refractivity contribution in [2.24, 2.45) is 5.41 Å². The van der Waals surface area contributed by atoms with E-state index in [1.807, 2.05) is 12.1 Å². The summed E-state index contributed by atoms with van der Waals surface area (Å²) in [6.45, 7) is 1.02. The first-order chi connectivity index (χ1) is 10.1. The maximum Gasteiger partial charge on any atom is 0.223 e. The van der Waals surface area contributed by atoms with Crippen molar-refractivity contribution in [3.05, 3.63) is 29.3 Å². The lowest BCUT2D eigenvalue weighted by molar-refractivity contribution is -0.122. The zero-order chi connectivity index (χ0) is 15.1. The Labute approximate surface area is 130 Å². The number of hydrogen-bond acceptors (Lipinski definition) is 3. The SMILES string of the molecule is O=C(CCOc1cccc(Cl)c1)NCC1(CO)CCCC1. The van der Waals surface area contributed by atoms with E-state index in [1.165, 1.54) is 0 Å². The van der Waals surface area contributed by atoms with E-state index in [-0.39, 0.29) is 17.9 Å². The van der Waals surface area contributed by atoms with E-state index in [9.17, 15) is 9.90 Å². The van der Waals surface area contributed by atoms with E-state index in [1.54, 1.807) is 12.1 Å². The van der Waals surface area contributed by atoms with E-state index in [2.05, 4.69) is 5.32 Å². The second-order valence-electron chi connectivity index (χ2n) is 5.70. The Morgan fingerprint density at radius 3 is 2.81 bits per heavy atom. The highest BCUT2D eigenvalue weighted by atomic mass is 35.5. The first kappa shape index (κ1) is 16.1. The van der Waals surface area contributed by atoms with Crippen molar-refractivity contribution in [1.82, 2.24) is 5.32 Å². The highest BCUT2D eigenvalue weighted by molar-refractivity contribution is 6.30. The molecular weight excluding hydrogens is 290 g/mol. The monoisotopic (exact) mass is 311 g/mol. The summed E-state index contributed by atoms with van der Waals surface area (Å²) < 4.78 is 5.49. The summed E-state index contributed by atoms with van der Waals surface area (Å²) in [5, 5.41) is 13.0. The maximum absolute atomic E-state index is 11.8. The number of nitrogens with one attached hydrogen (secondary N) is 1. The van der Waals surface area contributed by atoms with Crippen LogP contribution >= 0.6 is 11.6 Å². The van der Waals surface area contributed by atoms with Gasteiger partial charge in [-0.2, -0.15) is 0 Å². The Morgan fingerprint density at radius 2 is 2.14 bits per heavy atom. The molecular formula is C16H22ClNO3. The highest BCUT2D eigenvalue weighted by Crippen LogP contribution is 2.36. The molecule has 0 radical (unpaired) electrons. The van der Waals surface area contributed by atoms with Crippen molar-refractivity contribution in [1.29, 1.82) is 0 Å². The number of rotatable bonds is 7. The third-order valence-corrected chi connectivity index (χ3v) is 4.29. The third-order valence-electron chi connectivity index (χ3n) is 4.05. The summed E-state index contributed by atoms with van der Waals surface area (Å²) in [7, 11) is 0. The standard InChI is InChI=1S/C16H22ClNO3/c17-13-4-3-5-14(10-13)21-9-6-15(20)18-11-16(12-19)7-1-2-8-16/h3-5,10,19H,1-2,6-9,11-12H2,(H,18,20). The van der Waals surface area contributed by atoms with Crippen LogP contribution in [0.15, 0.2) is 24.3 Å². The summed E-state index contributed by atoms with van der Waals surface area (Å²) in [6, 6.07) is 7.11. The normalized spacial score (nSPS) is 16.7. The fourth-order valence-electron chi connectivity index (χ4n) is 2.71. The van der Waals surface area contributed by atoms with Gasteiger partial charge in [-0.05, 0) is 31.0 Å². The van der Waals surface area contributed by atoms with Crippen molar-refractivity contribution in [2.45, 2.75) is 32.1 Å². The van der Waals surface area contributed by atoms with Crippen LogP contribution in [0.4, 0.5) is 0 Å². The summed E-state index contributed by atoms with van der Waals surface area (Å²) in [4.78, 5) is 11.8. The molecule has 0 heterocycles. The Balaban J connectivity index is 1.68.